The van der Waals surface area contributed by atoms with E-state index in [9.17, 15) is 19.2 Å². The van der Waals surface area contributed by atoms with Gasteiger partial charge in [-0.15, -0.1) is 0 Å². The first kappa shape index (κ1) is 15.7. The van der Waals surface area contributed by atoms with Gasteiger partial charge in [-0.25, -0.2) is 9.59 Å². The van der Waals surface area contributed by atoms with Crippen molar-refractivity contribution in [1.82, 2.24) is 9.13 Å². The van der Waals surface area contributed by atoms with Gasteiger partial charge in [-0.05, 0) is 24.3 Å². The Labute approximate surface area is 136 Å². The molecule has 0 radical (unpaired) electrons. The highest BCUT2D eigenvalue weighted by Gasteiger charge is 2.45. The Morgan fingerprint density at radius 2 is 1.21 bits per heavy atom. The number of carbonyl (C=O) groups is 4. The Hall–Kier alpha value is -3.16. The fourth-order valence-corrected chi connectivity index (χ4v) is 3.15. The van der Waals surface area contributed by atoms with Crippen LogP contribution in [0.15, 0.2) is 24.3 Å². The summed E-state index contributed by atoms with van der Waals surface area (Å²) in [7, 11) is 2.37. The van der Waals surface area contributed by atoms with Crippen molar-refractivity contribution in [2.24, 2.45) is 0 Å². The molecule has 2 aromatic rings. The van der Waals surface area contributed by atoms with Crippen molar-refractivity contribution in [3.63, 3.8) is 0 Å². The number of rotatable bonds is 4. The van der Waals surface area contributed by atoms with Gasteiger partial charge in [0.25, 0.3) is 0 Å². The van der Waals surface area contributed by atoms with E-state index in [0.29, 0.717) is 24.0 Å². The fourth-order valence-electron chi connectivity index (χ4n) is 3.15. The average molecular weight is 330 g/mol. The van der Waals surface area contributed by atoms with Crippen LogP contribution in [-0.2, 0) is 19.1 Å². The third-order valence-corrected chi connectivity index (χ3v) is 4.14. The zero-order valence-electron chi connectivity index (χ0n) is 13.0. The summed E-state index contributed by atoms with van der Waals surface area (Å²) >= 11 is 0. The number of hydrogen-bond acceptors (Lipinski definition) is 6. The summed E-state index contributed by atoms with van der Waals surface area (Å²) in [6, 6.07) is 4.05. The van der Waals surface area contributed by atoms with E-state index in [0.717, 1.165) is 0 Å². The summed E-state index contributed by atoms with van der Waals surface area (Å²) < 4.78 is 12.5. The lowest BCUT2D eigenvalue weighted by Crippen LogP contribution is -2.40. The zero-order valence-corrected chi connectivity index (χ0v) is 13.0. The van der Waals surface area contributed by atoms with Crippen molar-refractivity contribution in [2.75, 3.05) is 14.2 Å². The van der Waals surface area contributed by atoms with Crippen LogP contribution >= 0.6 is 0 Å². The molecule has 0 fully saturated rings. The van der Waals surface area contributed by atoms with E-state index in [4.69, 9.17) is 9.47 Å². The minimum atomic E-state index is -1.16. The maximum atomic E-state index is 12.4. The van der Waals surface area contributed by atoms with Gasteiger partial charge in [-0.3, -0.25) is 9.59 Å². The Morgan fingerprint density at radius 1 is 0.833 bits per heavy atom. The van der Waals surface area contributed by atoms with Gasteiger partial charge in [0.15, 0.2) is 24.7 Å². The second-order valence-electron chi connectivity index (χ2n) is 5.20. The van der Waals surface area contributed by atoms with Crippen molar-refractivity contribution in [3.05, 3.63) is 35.7 Å². The first-order chi connectivity index (χ1) is 11.6. The number of ether oxygens (including phenoxy) is 2. The number of aromatic nitrogens is 2. The van der Waals surface area contributed by atoms with Crippen LogP contribution in [-0.4, -0.2) is 47.9 Å². The van der Waals surface area contributed by atoms with Crippen LogP contribution in [0.2, 0.25) is 0 Å². The second-order valence-corrected chi connectivity index (χ2v) is 5.20. The molecule has 8 heteroatoms. The van der Waals surface area contributed by atoms with E-state index in [1.807, 2.05) is 0 Å². The van der Waals surface area contributed by atoms with Crippen LogP contribution in [0, 0.1) is 0 Å². The molecule has 8 nitrogen and oxygen atoms in total. The molecule has 0 saturated carbocycles. The molecule has 0 aromatic carbocycles. The number of aldehydes is 2. The molecular formula is C16H14N2O6. The summed E-state index contributed by atoms with van der Waals surface area (Å²) in [6.45, 7) is 0. The molecule has 0 aliphatic carbocycles. The van der Waals surface area contributed by atoms with Crippen LogP contribution in [0.3, 0.4) is 0 Å². The van der Waals surface area contributed by atoms with Gasteiger partial charge in [-0.2, -0.15) is 0 Å². The van der Waals surface area contributed by atoms with Crippen molar-refractivity contribution in [2.45, 2.75) is 12.1 Å². The van der Waals surface area contributed by atoms with Crippen LogP contribution in [0.4, 0.5) is 0 Å². The van der Waals surface area contributed by atoms with Crippen molar-refractivity contribution >= 4 is 24.5 Å². The first-order valence-electron chi connectivity index (χ1n) is 7.07. The lowest BCUT2D eigenvalue weighted by molar-refractivity contribution is -0.155. The van der Waals surface area contributed by atoms with Gasteiger partial charge >= 0.3 is 11.9 Å². The van der Waals surface area contributed by atoms with Crippen LogP contribution in [0.25, 0.3) is 11.4 Å². The summed E-state index contributed by atoms with van der Waals surface area (Å²) in [6.07, 6.45) is 1.18. The molecular weight excluding hydrogens is 316 g/mol. The molecule has 0 bridgehead atoms. The Morgan fingerprint density at radius 3 is 1.50 bits per heavy atom. The predicted octanol–water partition coefficient (Wildman–Crippen LogP) is 1.02. The van der Waals surface area contributed by atoms with Gasteiger partial charge in [-0.1, -0.05) is 0 Å². The van der Waals surface area contributed by atoms with Crippen molar-refractivity contribution in [3.8, 4) is 11.4 Å². The third-order valence-electron chi connectivity index (χ3n) is 4.14. The minimum Gasteiger partial charge on any atom is -0.467 e. The van der Waals surface area contributed by atoms with Crippen LogP contribution < -0.4 is 0 Å². The van der Waals surface area contributed by atoms with Gasteiger partial charge in [0.2, 0.25) is 0 Å². The SMILES string of the molecule is COC(=O)C1C(C(=O)OC)n2c(C=O)ccc2-c2ccc(C=O)n21. The van der Waals surface area contributed by atoms with E-state index >= 15 is 0 Å². The molecule has 1 aliphatic heterocycles. The molecule has 1 aliphatic rings. The van der Waals surface area contributed by atoms with Crippen molar-refractivity contribution < 1.29 is 28.7 Å². The fraction of sp³-hybridized carbons (Fsp3) is 0.250. The molecule has 0 amide bonds. The Bertz CT molecular complexity index is 777. The summed E-state index contributed by atoms with van der Waals surface area (Å²) in [5.74, 6) is -1.44. The molecule has 2 unspecified atom stereocenters. The maximum Gasteiger partial charge on any atom is 0.331 e. The van der Waals surface area contributed by atoms with Crippen molar-refractivity contribution in [1.29, 1.82) is 0 Å². The quantitative estimate of drug-likeness (QED) is 0.613. The summed E-state index contributed by atoms with van der Waals surface area (Å²) in [4.78, 5) is 47.5. The van der Waals surface area contributed by atoms with E-state index in [1.165, 1.54) is 35.5 Å². The normalized spacial score (nSPS) is 18.2. The minimum absolute atomic E-state index is 0.217. The lowest BCUT2D eigenvalue weighted by atomic mass is 10.0. The van der Waals surface area contributed by atoms with E-state index in [2.05, 4.69) is 0 Å². The lowest BCUT2D eigenvalue weighted by Gasteiger charge is -2.34. The smallest absolute Gasteiger partial charge is 0.331 e. The number of nitrogens with zero attached hydrogens (tertiary/aromatic N) is 2. The van der Waals surface area contributed by atoms with E-state index in [1.54, 1.807) is 12.1 Å². The average Bonchev–Trinajstić information content (AvgIpc) is 3.22. The molecule has 3 rings (SSSR count). The monoisotopic (exact) mass is 330 g/mol. The van der Waals surface area contributed by atoms with Gasteiger partial charge in [0.1, 0.15) is 0 Å². The Balaban J connectivity index is 2.37. The number of methoxy groups -OCH3 is 2. The summed E-state index contributed by atoms with van der Waals surface area (Å²) in [5, 5.41) is 0. The number of fused-ring (bicyclic) bond motifs is 3. The first-order valence-corrected chi connectivity index (χ1v) is 7.07. The Kier molecular flexibility index (Phi) is 3.80. The maximum absolute atomic E-state index is 12.4. The van der Waals surface area contributed by atoms with E-state index in [-0.39, 0.29) is 11.4 Å². The molecule has 2 aromatic heterocycles. The molecule has 0 N–H and O–H groups in total. The topological polar surface area (TPSA) is 96.6 Å². The highest BCUT2D eigenvalue weighted by atomic mass is 16.5. The third kappa shape index (κ3) is 1.99. The number of esters is 2. The van der Waals surface area contributed by atoms with Gasteiger partial charge in [0, 0.05) is 0 Å². The van der Waals surface area contributed by atoms with Gasteiger partial charge in [0.05, 0.1) is 37.0 Å². The summed E-state index contributed by atoms with van der Waals surface area (Å²) in [5.41, 5.74) is 1.49. The van der Waals surface area contributed by atoms with Crippen LogP contribution in [0.1, 0.15) is 33.1 Å². The molecule has 24 heavy (non-hydrogen) atoms. The molecule has 0 saturated heterocycles. The van der Waals surface area contributed by atoms with Gasteiger partial charge < -0.3 is 18.6 Å². The van der Waals surface area contributed by atoms with Crippen LogP contribution in [0.5, 0.6) is 0 Å². The molecule has 124 valence electrons. The molecule has 2 atom stereocenters. The molecule has 3 heterocycles. The zero-order chi connectivity index (χ0) is 17.4. The largest absolute Gasteiger partial charge is 0.467 e. The highest BCUT2D eigenvalue weighted by molar-refractivity contribution is 5.91. The number of hydrogen-bond donors (Lipinski definition) is 0. The van der Waals surface area contributed by atoms with E-state index < -0.39 is 24.0 Å². The highest BCUT2D eigenvalue weighted by Crippen LogP contribution is 2.41. The molecule has 0 spiro atoms. The standard InChI is InChI=1S/C16H14N2O6/c1-23-15(21)13-14(16(22)24-2)18-10(8-20)4-6-12(18)11-5-3-9(7-19)17(11)13/h3-8,13-14H,1-2H3. The number of carbonyl (C=O) groups excluding carboxylic acids is 4. The predicted molar refractivity (Wildman–Crippen MR) is 80.7 cm³/mol. The second kappa shape index (κ2) is 5.80.